The van der Waals surface area contributed by atoms with Gasteiger partial charge >= 0.3 is 6.03 Å². The van der Waals surface area contributed by atoms with E-state index in [0.29, 0.717) is 17.3 Å². The maximum Gasteiger partial charge on any atom is 0.344 e. The fourth-order valence-corrected chi connectivity index (χ4v) is 3.36. The summed E-state index contributed by atoms with van der Waals surface area (Å²) in [7, 11) is 0. The van der Waals surface area contributed by atoms with Gasteiger partial charge in [0.2, 0.25) is 11.8 Å². The zero-order chi connectivity index (χ0) is 22.1. The summed E-state index contributed by atoms with van der Waals surface area (Å²) in [5, 5.41) is 11.5. The van der Waals surface area contributed by atoms with Gasteiger partial charge < -0.3 is 9.73 Å². The number of benzene rings is 1. The second kappa shape index (κ2) is 8.10. The van der Waals surface area contributed by atoms with Gasteiger partial charge in [0.1, 0.15) is 5.54 Å². The van der Waals surface area contributed by atoms with E-state index in [0.717, 1.165) is 17.3 Å². The number of hydrazine groups is 1. The smallest absolute Gasteiger partial charge is 0.344 e. The van der Waals surface area contributed by atoms with Crippen molar-refractivity contribution in [3.63, 3.8) is 0 Å². The quantitative estimate of drug-likeness (QED) is 0.533. The predicted molar refractivity (Wildman–Crippen MR) is 111 cm³/mol. The molecule has 1 aromatic heterocycles. The Hall–Kier alpha value is -2.88. The first kappa shape index (κ1) is 21.8. The average Bonchev–Trinajstić information content (AvgIpc) is 3.25. The molecule has 2 aromatic rings. The fourth-order valence-electron chi connectivity index (χ4n) is 2.81. The van der Waals surface area contributed by atoms with E-state index in [2.05, 4.69) is 41.7 Å². The molecule has 160 valence electrons. The summed E-state index contributed by atoms with van der Waals surface area (Å²) in [5.41, 5.74) is 3.33. The summed E-state index contributed by atoms with van der Waals surface area (Å²) in [4.78, 5) is 36.4. The molecule has 1 atom stereocenters. The Morgan fingerprint density at radius 3 is 2.47 bits per heavy atom. The van der Waals surface area contributed by atoms with Gasteiger partial charge in [0, 0.05) is 5.56 Å². The van der Waals surface area contributed by atoms with Crippen LogP contribution < -0.4 is 10.7 Å². The van der Waals surface area contributed by atoms with Crippen LogP contribution in [0.15, 0.2) is 33.9 Å². The predicted octanol–water partition coefficient (Wildman–Crippen LogP) is 2.88. The summed E-state index contributed by atoms with van der Waals surface area (Å²) >= 11 is 1.02. The molecular formula is C20H25N5O4S. The van der Waals surface area contributed by atoms with E-state index in [1.165, 1.54) is 5.56 Å². The van der Waals surface area contributed by atoms with Crippen LogP contribution in [0.3, 0.4) is 0 Å². The second-order valence-electron chi connectivity index (χ2n) is 8.28. The van der Waals surface area contributed by atoms with Crippen LogP contribution in [0.1, 0.15) is 46.6 Å². The van der Waals surface area contributed by atoms with Gasteiger partial charge in [0.15, 0.2) is 0 Å². The Morgan fingerprint density at radius 1 is 1.23 bits per heavy atom. The average molecular weight is 432 g/mol. The zero-order valence-corrected chi connectivity index (χ0v) is 18.4. The number of thioether (sulfide) groups is 1. The monoisotopic (exact) mass is 431 g/mol. The number of hydrogen-bond donors (Lipinski definition) is 2. The van der Waals surface area contributed by atoms with Gasteiger partial charge in [-0.2, -0.15) is 5.01 Å². The lowest BCUT2D eigenvalue weighted by Gasteiger charge is -2.19. The third-order valence-electron chi connectivity index (χ3n) is 4.94. The van der Waals surface area contributed by atoms with Crippen molar-refractivity contribution in [3.05, 3.63) is 29.8 Å². The van der Waals surface area contributed by atoms with Gasteiger partial charge in [-0.3, -0.25) is 15.0 Å². The molecule has 1 aromatic carbocycles. The molecule has 1 saturated heterocycles. The van der Waals surface area contributed by atoms with Crippen LogP contribution in [0.4, 0.5) is 4.79 Å². The van der Waals surface area contributed by atoms with Crippen molar-refractivity contribution < 1.29 is 18.8 Å². The highest BCUT2D eigenvalue weighted by molar-refractivity contribution is 7.99. The Kier molecular flexibility index (Phi) is 5.89. The number of carbonyl (C=O) groups is 3. The summed E-state index contributed by atoms with van der Waals surface area (Å²) in [6, 6.07) is 7.21. The highest BCUT2D eigenvalue weighted by Gasteiger charge is 2.47. The fraction of sp³-hybridized carbons (Fsp3) is 0.450. The Balaban J connectivity index is 1.57. The molecule has 0 radical (unpaired) electrons. The summed E-state index contributed by atoms with van der Waals surface area (Å²) in [6.07, 6.45) is 0.417. The highest BCUT2D eigenvalue weighted by atomic mass is 32.2. The molecule has 4 amide bonds. The molecule has 0 saturated carbocycles. The summed E-state index contributed by atoms with van der Waals surface area (Å²) < 4.78 is 5.61. The van der Waals surface area contributed by atoms with Gasteiger partial charge in [-0.15, -0.1) is 10.2 Å². The molecule has 1 aliphatic rings. The first-order valence-corrected chi connectivity index (χ1v) is 10.6. The van der Waals surface area contributed by atoms with Gasteiger partial charge in [-0.05, 0) is 36.5 Å². The van der Waals surface area contributed by atoms with Crippen molar-refractivity contribution >= 4 is 29.6 Å². The van der Waals surface area contributed by atoms with Crippen LogP contribution in [-0.2, 0) is 15.0 Å². The van der Waals surface area contributed by atoms with Crippen molar-refractivity contribution in [2.75, 3.05) is 5.75 Å². The first-order chi connectivity index (χ1) is 14.0. The Morgan fingerprint density at radius 2 is 1.90 bits per heavy atom. The molecule has 0 spiro atoms. The molecule has 1 fully saturated rings. The highest BCUT2D eigenvalue weighted by Crippen LogP contribution is 2.27. The standard InChI is InChI=1S/C20H25N5O4S/c1-6-20(5)16(27)25(17(28)21-20)24-14(26)11-30-18-23-22-15(29-18)12-7-9-13(10-8-12)19(2,3)4/h7-10H,6,11H2,1-5H3,(H,21,28)(H,24,26). The largest absolute Gasteiger partial charge is 0.411 e. The number of nitrogens with zero attached hydrogens (tertiary/aromatic N) is 3. The molecule has 2 N–H and O–H groups in total. The van der Waals surface area contributed by atoms with Crippen LogP contribution in [-0.4, -0.2) is 44.3 Å². The Labute approximate surface area is 179 Å². The molecule has 3 rings (SSSR count). The van der Waals surface area contributed by atoms with E-state index in [1.807, 2.05) is 24.3 Å². The van der Waals surface area contributed by atoms with E-state index in [1.54, 1.807) is 13.8 Å². The first-order valence-electron chi connectivity index (χ1n) is 9.57. The molecule has 2 heterocycles. The number of imide groups is 1. The van der Waals surface area contributed by atoms with Crippen LogP contribution in [0, 0.1) is 0 Å². The van der Waals surface area contributed by atoms with Crippen LogP contribution >= 0.6 is 11.8 Å². The van der Waals surface area contributed by atoms with Crippen molar-refractivity contribution in [1.29, 1.82) is 0 Å². The third-order valence-corrected chi connectivity index (χ3v) is 5.75. The molecule has 0 bridgehead atoms. The minimum Gasteiger partial charge on any atom is -0.411 e. The molecule has 1 aliphatic heterocycles. The van der Waals surface area contributed by atoms with Gasteiger partial charge in [0.25, 0.3) is 11.1 Å². The maximum atomic E-state index is 12.3. The number of rotatable bonds is 6. The molecule has 10 heteroatoms. The van der Waals surface area contributed by atoms with E-state index in [4.69, 9.17) is 4.42 Å². The van der Waals surface area contributed by atoms with Crippen molar-refractivity contribution in [2.45, 2.75) is 57.2 Å². The minimum absolute atomic E-state index is 0.0456. The van der Waals surface area contributed by atoms with Crippen molar-refractivity contribution in [2.24, 2.45) is 0 Å². The maximum absolute atomic E-state index is 12.3. The zero-order valence-electron chi connectivity index (χ0n) is 17.6. The molecule has 9 nitrogen and oxygen atoms in total. The van der Waals surface area contributed by atoms with Crippen LogP contribution in [0.5, 0.6) is 0 Å². The van der Waals surface area contributed by atoms with E-state index >= 15 is 0 Å². The number of amides is 4. The molecule has 1 unspecified atom stereocenters. The summed E-state index contributed by atoms with van der Waals surface area (Å²) in [6.45, 7) is 9.80. The minimum atomic E-state index is -1.01. The third kappa shape index (κ3) is 4.48. The van der Waals surface area contributed by atoms with Crippen LogP contribution in [0.25, 0.3) is 11.5 Å². The lowest BCUT2D eigenvalue weighted by molar-refractivity contribution is -0.137. The normalized spacial score (nSPS) is 19.2. The number of carbonyl (C=O) groups excluding carboxylic acids is 3. The van der Waals surface area contributed by atoms with Gasteiger partial charge in [0.05, 0.1) is 5.75 Å². The lowest BCUT2D eigenvalue weighted by atomic mass is 9.87. The molecular weight excluding hydrogens is 406 g/mol. The van der Waals surface area contributed by atoms with Gasteiger partial charge in [-0.1, -0.05) is 51.6 Å². The SMILES string of the molecule is CCC1(C)NC(=O)N(NC(=O)CSc2nnc(-c3ccc(C(C)(C)C)cc3)o2)C1=O. The van der Waals surface area contributed by atoms with E-state index in [9.17, 15) is 14.4 Å². The molecule has 0 aliphatic carbocycles. The van der Waals surface area contributed by atoms with Crippen molar-refractivity contribution in [3.8, 4) is 11.5 Å². The number of urea groups is 1. The van der Waals surface area contributed by atoms with Crippen LogP contribution in [0.2, 0.25) is 0 Å². The van der Waals surface area contributed by atoms with Crippen molar-refractivity contribution in [1.82, 2.24) is 25.9 Å². The lowest BCUT2D eigenvalue weighted by Crippen LogP contribution is -2.49. The molecule has 30 heavy (non-hydrogen) atoms. The number of hydrogen-bond acceptors (Lipinski definition) is 7. The van der Waals surface area contributed by atoms with Gasteiger partial charge in [-0.25, -0.2) is 4.79 Å². The topological polar surface area (TPSA) is 117 Å². The second-order valence-corrected chi connectivity index (χ2v) is 9.21. The Bertz CT molecular complexity index is 966. The van der Waals surface area contributed by atoms with E-state index in [-0.39, 0.29) is 16.4 Å². The summed E-state index contributed by atoms with van der Waals surface area (Å²) in [5.74, 6) is -0.763. The number of aromatic nitrogens is 2. The number of nitrogens with one attached hydrogen (secondary N) is 2. The van der Waals surface area contributed by atoms with E-state index < -0.39 is 23.4 Å².